The molecule has 2 aliphatic carbocycles. The van der Waals surface area contributed by atoms with Crippen LogP contribution in [0.4, 0.5) is 0 Å². The minimum absolute atomic E-state index is 0.228. The third kappa shape index (κ3) is 3.41. The Bertz CT molecular complexity index is 836. The molecule has 6 atom stereocenters. The molecule has 3 aliphatic rings. The smallest absolute Gasteiger partial charge is 0.334 e. The summed E-state index contributed by atoms with van der Waals surface area (Å²) in [5, 5.41) is 11.0. The fourth-order valence-electron chi connectivity index (χ4n) is 4.82. The Hall–Kier alpha value is -2.41. The van der Waals surface area contributed by atoms with Crippen LogP contribution in [0.1, 0.15) is 47.5 Å². The van der Waals surface area contributed by atoms with Gasteiger partial charge in [0.15, 0.2) is 0 Å². The third-order valence-corrected chi connectivity index (χ3v) is 6.55. The van der Waals surface area contributed by atoms with E-state index in [1.54, 1.807) is 19.9 Å². The van der Waals surface area contributed by atoms with Crippen LogP contribution in [0.2, 0.25) is 0 Å². The molecule has 29 heavy (non-hydrogen) atoms. The van der Waals surface area contributed by atoms with Gasteiger partial charge in [0.2, 0.25) is 0 Å². The molecule has 3 rings (SSSR count). The minimum atomic E-state index is -0.858. The summed E-state index contributed by atoms with van der Waals surface area (Å²) in [6, 6.07) is 0. The molecular weight excluding hydrogens is 376 g/mol. The summed E-state index contributed by atoms with van der Waals surface area (Å²) in [7, 11) is 0. The quantitative estimate of drug-likeness (QED) is 0.334. The molecule has 1 aliphatic heterocycles. The molecule has 7 nitrogen and oxygen atoms in total. The van der Waals surface area contributed by atoms with Gasteiger partial charge in [-0.05, 0) is 38.3 Å². The van der Waals surface area contributed by atoms with E-state index in [9.17, 15) is 19.5 Å². The first-order chi connectivity index (χ1) is 13.5. The van der Waals surface area contributed by atoms with Crippen LogP contribution in [0.25, 0.3) is 0 Å². The van der Waals surface area contributed by atoms with Gasteiger partial charge in [0, 0.05) is 29.9 Å². The molecule has 0 radical (unpaired) electrons. The molecule has 0 amide bonds. The van der Waals surface area contributed by atoms with Crippen molar-refractivity contribution in [1.82, 2.24) is 0 Å². The van der Waals surface area contributed by atoms with Gasteiger partial charge >= 0.3 is 17.9 Å². The maximum Gasteiger partial charge on any atom is 0.334 e. The monoisotopic (exact) mass is 404 g/mol. The highest BCUT2D eigenvalue weighted by Gasteiger charge is 2.60. The molecule has 1 saturated heterocycles. The van der Waals surface area contributed by atoms with Crippen molar-refractivity contribution < 1.29 is 33.7 Å². The van der Waals surface area contributed by atoms with Crippen LogP contribution in [0.5, 0.6) is 0 Å². The maximum absolute atomic E-state index is 12.6. The Morgan fingerprint density at radius 1 is 1.31 bits per heavy atom. The zero-order valence-corrected chi connectivity index (χ0v) is 17.5. The van der Waals surface area contributed by atoms with Crippen LogP contribution >= 0.6 is 0 Å². The second-order valence-electron chi connectivity index (χ2n) is 8.36. The molecule has 7 heteroatoms. The molecular formula is C22H28O7. The zero-order valence-electron chi connectivity index (χ0n) is 17.5. The van der Waals surface area contributed by atoms with E-state index in [1.807, 2.05) is 13.8 Å². The summed E-state index contributed by atoms with van der Waals surface area (Å²) in [6.45, 7) is 12.2. The molecule has 1 N–H and O–H groups in total. The van der Waals surface area contributed by atoms with Gasteiger partial charge in [-0.2, -0.15) is 0 Å². The second kappa shape index (κ2) is 7.44. The number of rotatable bonds is 3. The minimum Gasteiger partial charge on any atom is -0.458 e. The molecule has 0 spiro atoms. The Labute approximate surface area is 170 Å². The van der Waals surface area contributed by atoms with Crippen LogP contribution in [0.3, 0.4) is 0 Å². The van der Waals surface area contributed by atoms with Crippen LogP contribution in [-0.2, 0) is 28.6 Å². The fraction of sp³-hybridized carbons (Fsp3) is 0.591. The average Bonchev–Trinajstić information content (AvgIpc) is 2.91. The van der Waals surface area contributed by atoms with E-state index < -0.39 is 53.7 Å². The van der Waals surface area contributed by atoms with Crippen molar-refractivity contribution in [2.24, 2.45) is 11.3 Å². The van der Waals surface area contributed by atoms with Crippen molar-refractivity contribution in [2.75, 3.05) is 0 Å². The summed E-state index contributed by atoms with van der Waals surface area (Å²) < 4.78 is 16.8. The Kier molecular flexibility index (Phi) is 5.47. The second-order valence-corrected chi connectivity index (χ2v) is 8.36. The van der Waals surface area contributed by atoms with Crippen molar-refractivity contribution in [2.45, 2.75) is 71.9 Å². The topological polar surface area (TPSA) is 99.1 Å². The van der Waals surface area contributed by atoms with E-state index in [4.69, 9.17) is 14.2 Å². The Morgan fingerprint density at radius 2 is 1.97 bits per heavy atom. The predicted molar refractivity (Wildman–Crippen MR) is 103 cm³/mol. The van der Waals surface area contributed by atoms with Crippen LogP contribution in [-0.4, -0.2) is 47.4 Å². The molecule has 1 saturated carbocycles. The number of allylic oxidation sites excluding steroid dienone is 1. The summed E-state index contributed by atoms with van der Waals surface area (Å²) in [5.74, 6) is -2.04. The summed E-state index contributed by atoms with van der Waals surface area (Å²) in [5.41, 5.74) is 1.30. The lowest BCUT2D eigenvalue weighted by molar-refractivity contribution is -0.158. The number of esters is 3. The fourth-order valence-corrected chi connectivity index (χ4v) is 4.82. The van der Waals surface area contributed by atoms with Gasteiger partial charge in [-0.1, -0.05) is 19.6 Å². The molecule has 0 bridgehead atoms. The number of fused-ring (bicyclic) bond motifs is 2. The van der Waals surface area contributed by atoms with Gasteiger partial charge in [0.25, 0.3) is 0 Å². The molecule has 1 heterocycles. The number of hydrogen-bond donors (Lipinski definition) is 1. The van der Waals surface area contributed by atoms with Gasteiger partial charge < -0.3 is 19.3 Å². The first-order valence-electron chi connectivity index (χ1n) is 9.81. The summed E-state index contributed by atoms with van der Waals surface area (Å²) in [4.78, 5) is 36.4. The van der Waals surface area contributed by atoms with E-state index in [0.29, 0.717) is 17.6 Å². The molecule has 2 fully saturated rings. The van der Waals surface area contributed by atoms with E-state index >= 15 is 0 Å². The van der Waals surface area contributed by atoms with Crippen molar-refractivity contribution in [1.29, 1.82) is 0 Å². The van der Waals surface area contributed by atoms with Gasteiger partial charge in [0.05, 0.1) is 12.0 Å². The van der Waals surface area contributed by atoms with Crippen molar-refractivity contribution in [3.05, 3.63) is 34.9 Å². The first-order valence-corrected chi connectivity index (χ1v) is 9.81. The number of hydrogen-bond acceptors (Lipinski definition) is 7. The van der Waals surface area contributed by atoms with Gasteiger partial charge in [-0.15, -0.1) is 0 Å². The van der Waals surface area contributed by atoms with Crippen LogP contribution < -0.4 is 0 Å². The van der Waals surface area contributed by atoms with E-state index in [2.05, 4.69) is 6.58 Å². The van der Waals surface area contributed by atoms with Gasteiger partial charge in [-0.3, -0.25) is 4.79 Å². The maximum atomic E-state index is 12.6. The third-order valence-electron chi connectivity index (χ3n) is 6.55. The Morgan fingerprint density at radius 3 is 2.55 bits per heavy atom. The van der Waals surface area contributed by atoms with Gasteiger partial charge in [-0.25, -0.2) is 9.59 Å². The average molecular weight is 404 g/mol. The lowest BCUT2D eigenvalue weighted by atomic mass is 9.57. The summed E-state index contributed by atoms with van der Waals surface area (Å²) in [6.07, 6.45) is -0.619. The number of aliphatic hydroxyl groups excluding tert-OH is 1. The largest absolute Gasteiger partial charge is 0.458 e. The number of carbonyl (C=O) groups is 3. The highest BCUT2D eigenvalue weighted by Crippen LogP contribution is 2.56. The SMILES string of the molecule is C=C1C(=O)O[C@@H]2C[C@@]3(C)C(=C(C)[C@@H](OC(C)=O)C[C@@H]3O)[C@@H](OC(=O)/C(C)=C/C)[C@H]12. The first kappa shape index (κ1) is 21.3. The Balaban J connectivity index is 2.14. The van der Waals surface area contributed by atoms with E-state index in [1.165, 1.54) is 6.92 Å². The van der Waals surface area contributed by atoms with E-state index in [0.717, 1.165) is 5.57 Å². The normalized spacial score (nSPS) is 36.9. The molecule has 158 valence electrons. The van der Waals surface area contributed by atoms with Crippen LogP contribution in [0.15, 0.2) is 34.9 Å². The molecule has 0 aromatic rings. The highest BCUT2D eigenvalue weighted by molar-refractivity contribution is 5.92. The molecule has 0 unspecified atom stereocenters. The lowest BCUT2D eigenvalue weighted by Crippen LogP contribution is -2.55. The summed E-state index contributed by atoms with van der Waals surface area (Å²) >= 11 is 0. The molecule has 0 aromatic heterocycles. The van der Waals surface area contributed by atoms with Gasteiger partial charge in [0.1, 0.15) is 18.3 Å². The number of aliphatic hydroxyl groups is 1. The van der Waals surface area contributed by atoms with Crippen molar-refractivity contribution in [3.8, 4) is 0 Å². The standard InChI is InChI=1S/C22H28O7/c1-7-10(2)20(25)29-19-17-12(4)21(26)28-15(17)9-22(6)16(24)8-14(27-13(5)23)11(3)18(19)22/h7,14-17,19,24H,4,8-9H2,1-3,5-6H3/b10-7+/t14-,15+,16-,17+,19-,22+/m0/s1. The lowest BCUT2D eigenvalue weighted by Gasteiger charge is -2.52. The van der Waals surface area contributed by atoms with Crippen LogP contribution in [0, 0.1) is 11.3 Å². The highest BCUT2D eigenvalue weighted by atomic mass is 16.6. The van der Waals surface area contributed by atoms with Crippen molar-refractivity contribution in [3.63, 3.8) is 0 Å². The predicted octanol–water partition coefficient (Wildman–Crippen LogP) is 2.39. The zero-order chi connectivity index (χ0) is 21.7. The number of carbonyl (C=O) groups excluding carboxylic acids is 3. The van der Waals surface area contributed by atoms with E-state index in [-0.39, 0.29) is 12.0 Å². The van der Waals surface area contributed by atoms with Crippen molar-refractivity contribution >= 4 is 17.9 Å². The molecule has 0 aromatic carbocycles. The number of ether oxygens (including phenoxy) is 3.